The van der Waals surface area contributed by atoms with Crippen molar-refractivity contribution in [2.75, 3.05) is 7.05 Å². The molecule has 0 saturated heterocycles. The van der Waals surface area contributed by atoms with Crippen molar-refractivity contribution in [2.24, 2.45) is 0 Å². The molecule has 0 saturated carbocycles. The third kappa shape index (κ3) is 2.46. The molecule has 1 N–H and O–H groups in total. The van der Waals surface area contributed by atoms with Gasteiger partial charge in [-0.25, -0.2) is 4.98 Å². The van der Waals surface area contributed by atoms with Crippen LogP contribution in [0.25, 0.3) is 10.8 Å². The maximum absolute atomic E-state index is 5.30. The molecule has 0 aliphatic heterocycles. The van der Waals surface area contributed by atoms with Gasteiger partial charge in [0.15, 0.2) is 10.8 Å². The first-order chi connectivity index (χ1) is 7.29. The smallest absolute Gasteiger partial charge is 0.162 e. The van der Waals surface area contributed by atoms with Crippen LogP contribution >= 0.6 is 11.3 Å². The lowest BCUT2D eigenvalue weighted by molar-refractivity contribution is 0.582. The van der Waals surface area contributed by atoms with Gasteiger partial charge >= 0.3 is 0 Å². The zero-order valence-electron chi connectivity index (χ0n) is 8.86. The summed E-state index contributed by atoms with van der Waals surface area (Å²) < 4.78 is 5.30. The van der Waals surface area contributed by atoms with Crippen molar-refractivity contribution >= 4 is 11.3 Å². The lowest BCUT2D eigenvalue weighted by Gasteiger charge is -2.06. The molecule has 0 aromatic carbocycles. The Morgan fingerprint density at radius 3 is 3.13 bits per heavy atom. The fraction of sp³-hybridized carbons (Fsp3) is 0.364. The molecule has 15 heavy (non-hydrogen) atoms. The first-order valence-electron chi connectivity index (χ1n) is 4.95. The first-order valence-corrected chi connectivity index (χ1v) is 5.77. The van der Waals surface area contributed by atoms with Gasteiger partial charge in [0.25, 0.3) is 0 Å². The summed E-state index contributed by atoms with van der Waals surface area (Å²) in [7, 11) is 1.97. The molecule has 0 aliphatic rings. The standard InChI is InChI=1S/C11H14N2OS/c1-8(12-2)6-9-7-13-11(15-9)10-4-3-5-14-10/h3-5,7-8,12H,6H2,1-2H3. The van der Waals surface area contributed by atoms with Gasteiger partial charge in [-0.05, 0) is 32.5 Å². The molecule has 0 aliphatic carbocycles. The van der Waals surface area contributed by atoms with Gasteiger partial charge in [0.05, 0.1) is 6.26 Å². The van der Waals surface area contributed by atoms with Gasteiger partial charge in [-0.15, -0.1) is 11.3 Å². The van der Waals surface area contributed by atoms with Gasteiger partial charge in [0, 0.05) is 17.1 Å². The Bertz CT molecular complexity index is 408. The summed E-state index contributed by atoms with van der Waals surface area (Å²) in [6.45, 7) is 2.16. The van der Waals surface area contributed by atoms with E-state index in [1.165, 1.54) is 4.88 Å². The van der Waals surface area contributed by atoms with Crippen LogP contribution in [0.15, 0.2) is 29.0 Å². The minimum atomic E-state index is 0.481. The molecule has 0 bridgehead atoms. The fourth-order valence-electron chi connectivity index (χ4n) is 1.32. The minimum absolute atomic E-state index is 0.481. The van der Waals surface area contributed by atoms with Crippen LogP contribution in [0.1, 0.15) is 11.8 Å². The van der Waals surface area contributed by atoms with E-state index in [9.17, 15) is 0 Å². The SMILES string of the molecule is CNC(C)Cc1cnc(-c2ccco2)s1. The maximum Gasteiger partial charge on any atom is 0.162 e. The van der Waals surface area contributed by atoms with E-state index in [1.807, 2.05) is 25.4 Å². The number of furan rings is 1. The molecule has 1 unspecified atom stereocenters. The zero-order chi connectivity index (χ0) is 10.7. The van der Waals surface area contributed by atoms with Crippen LogP contribution < -0.4 is 5.32 Å². The first kappa shape index (κ1) is 10.4. The third-order valence-electron chi connectivity index (χ3n) is 2.29. The number of aromatic nitrogens is 1. The second-order valence-corrected chi connectivity index (χ2v) is 4.62. The molecule has 0 radical (unpaired) electrons. The van der Waals surface area contributed by atoms with Gasteiger partial charge < -0.3 is 9.73 Å². The predicted molar refractivity (Wildman–Crippen MR) is 62.0 cm³/mol. The second kappa shape index (κ2) is 4.59. The molecule has 0 fully saturated rings. The topological polar surface area (TPSA) is 38.1 Å². The second-order valence-electron chi connectivity index (χ2n) is 3.50. The van der Waals surface area contributed by atoms with Gasteiger partial charge in [-0.3, -0.25) is 0 Å². The third-order valence-corrected chi connectivity index (χ3v) is 3.32. The molecule has 0 spiro atoms. The Morgan fingerprint density at radius 2 is 2.47 bits per heavy atom. The van der Waals surface area contributed by atoms with Crippen molar-refractivity contribution < 1.29 is 4.42 Å². The number of likely N-dealkylation sites (N-methyl/N-ethyl adjacent to an activating group) is 1. The molecular weight excluding hydrogens is 208 g/mol. The van der Waals surface area contributed by atoms with Crippen LogP contribution in [0.3, 0.4) is 0 Å². The van der Waals surface area contributed by atoms with Crippen LogP contribution in [0.2, 0.25) is 0 Å². The lowest BCUT2D eigenvalue weighted by Crippen LogP contribution is -2.22. The highest BCUT2D eigenvalue weighted by Gasteiger charge is 2.08. The van der Waals surface area contributed by atoms with Crippen molar-refractivity contribution in [3.63, 3.8) is 0 Å². The molecule has 2 heterocycles. The Morgan fingerprint density at radius 1 is 1.60 bits per heavy atom. The van der Waals surface area contributed by atoms with Crippen molar-refractivity contribution in [2.45, 2.75) is 19.4 Å². The van der Waals surface area contributed by atoms with Crippen molar-refractivity contribution in [1.82, 2.24) is 10.3 Å². The number of rotatable bonds is 4. The van der Waals surface area contributed by atoms with E-state index in [0.717, 1.165) is 17.2 Å². The average Bonchev–Trinajstić information content (AvgIpc) is 2.85. The summed E-state index contributed by atoms with van der Waals surface area (Å²) in [6.07, 6.45) is 4.61. The molecule has 80 valence electrons. The average molecular weight is 222 g/mol. The van der Waals surface area contributed by atoms with Crippen LogP contribution in [0, 0.1) is 0 Å². The number of hydrogen-bond acceptors (Lipinski definition) is 4. The van der Waals surface area contributed by atoms with E-state index in [2.05, 4.69) is 17.2 Å². The Kier molecular flexibility index (Phi) is 3.18. The predicted octanol–water partition coefficient (Wildman–Crippen LogP) is 2.55. The largest absolute Gasteiger partial charge is 0.462 e. The highest BCUT2D eigenvalue weighted by Crippen LogP contribution is 2.25. The number of hydrogen-bond donors (Lipinski definition) is 1. The van der Waals surface area contributed by atoms with Gasteiger partial charge in [0.1, 0.15) is 0 Å². The Labute approximate surface area is 93.2 Å². The van der Waals surface area contributed by atoms with Crippen LogP contribution in [-0.2, 0) is 6.42 Å². The summed E-state index contributed by atoms with van der Waals surface area (Å²) >= 11 is 1.69. The fourth-order valence-corrected chi connectivity index (χ4v) is 2.33. The summed E-state index contributed by atoms with van der Waals surface area (Å²) in [5.74, 6) is 0.850. The van der Waals surface area contributed by atoms with Crippen LogP contribution in [-0.4, -0.2) is 18.1 Å². The van der Waals surface area contributed by atoms with Crippen molar-refractivity contribution in [1.29, 1.82) is 0 Å². The molecular formula is C11H14N2OS. The lowest BCUT2D eigenvalue weighted by atomic mass is 10.2. The van der Waals surface area contributed by atoms with E-state index in [0.29, 0.717) is 6.04 Å². The Balaban J connectivity index is 2.11. The van der Waals surface area contributed by atoms with E-state index in [4.69, 9.17) is 4.42 Å². The summed E-state index contributed by atoms with van der Waals surface area (Å²) in [5.41, 5.74) is 0. The molecule has 1 atom stereocenters. The molecule has 2 aromatic rings. The van der Waals surface area contributed by atoms with Crippen molar-refractivity contribution in [3.8, 4) is 10.8 Å². The van der Waals surface area contributed by atoms with E-state index < -0.39 is 0 Å². The monoisotopic (exact) mass is 222 g/mol. The number of nitrogens with zero attached hydrogens (tertiary/aromatic N) is 1. The van der Waals surface area contributed by atoms with Crippen molar-refractivity contribution in [3.05, 3.63) is 29.5 Å². The maximum atomic E-state index is 5.30. The summed E-state index contributed by atoms with van der Waals surface area (Å²) in [6, 6.07) is 4.30. The summed E-state index contributed by atoms with van der Waals surface area (Å²) in [5, 5.41) is 4.17. The molecule has 2 rings (SSSR count). The van der Waals surface area contributed by atoms with E-state index in [1.54, 1.807) is 17.6 Å². The quantitative estimate of drug-likeness (QED) is 0.864. The van der Waals surface area contributed by atoms with Gasteiger partial charge in [-0.2, -0.15) is 0 Å². The molecule has 0 amide bonds. The van der Waals surface area contributed by atoms with Gasteiger partial charge in [-0.1, -0.05) is 0 Å². The number of nitrogens with one attached hydrogen (secondary N) is 1. The molecule has 3 nitrogen and oxygen atoms in total. The molecule has 4 heteroatoms. The van der Waals surface area contributed by atoms with Crippen LogP contribution in [0.5, 0.6) is 0 Å². The zero-order valence-corrected chi connectivity index (χ0v) is 9.67. The highest BCUT2D eigenvalue weighted by molar-refractivity contribution is 7.14. The van der Waals surface area contributed by atoms with E-state index >= 15 is 0 Å². The van der Waals surface area contributed by atoms with E-state index in [-0.39, 0.29) is 0 Å². The molecule has 2 aromatic heterocycles. The summed E-state index contributed by atoms with van der Waals surface area (Å²) in [4.78, 5) is 5.62. The van der Waals surface area contributed by atoms with Gasteiger partial charge in [0.2, 0.25) is 0 Å². The minimum Gasteiger partial charge on any atom is -0.462 e. The normalized spacial score (nSPS) is 12.9. The number of thiazole rings is 1. The highest BCUT2D eigenvalue weighted by atomic mass is 32.1. The Hall–Kier alpha value is -1.13. The van der Waals surface area contributed by atoms with Crippen LogP contribution in [0.4, 0.5) is 0 Å².